The van der Waals surface area contributed by atoms with Crippen molar-refractivity contribution in [2.24, 2.45) is 11.1 Å². The molecule has 2 aromatic rings. The van der Waals surface area contributed by atoms with Gasteiger partial charge in [-0.3, -0.25) is 9.93 Å². The van der Waals surface area contributed by atoms with Gasteiger partial charge in [0, 0.05) is 13.1 Å². The van der Waals surface area contributed by atoms with Crippen LogP contribution in [0, 0.1) is 11.7 Å². The summed E-state index contributed by atoms with van der Waals surface area (Å²) in [7, 11) is 0. The van der Waals surface area contributed by atoms with Crippen LogP contribution in [-0.4, -0.2) is 30.5 Å². The normalized spacial score (nSPS) is 15.2. The molecule has 4 N–H and O–H groups in total. The highest BCUT2D eigenvalue weighted by Gasteiger charge is 2.30. The number of hydrogen-bond donors (Lipinski definition) is 3. The van der Waals surface area contributed by atoms with Crippen LogP contribution in [0.15, 0.2) is 36.4 Å². The smallest absolute Gasteiger partial charge is 0.233 e. The van der Waals surface area contributed by atoms with E-state index < -0.39 is 11.7 Å². The van der Waals surface area contributed by atoms with Crippen molar-refractivity contribution < 1.29 is 13.9 Å². The molecule has 2 aromatic carbocycles. The van der Waals surface area contributed by atoms with E-state index in [1.807, 2.05) is 4.90 Å². The first-order valence-corrected chi connectivity index (χ1v) is 10.8. The van der Waals surface area contributed by atoms with Crippen molar-refractivity contribution in [1.29, 1.82) is 0 Å². The number of ether oxygens (including phenoxy) is 1. The first kappa shape index (κ1) is 24.6. The van der Waals surface area contributed by atoms with E-state index in [0.717, 1.165) is 12.8 Å². The molecule has 0 aliphatic carbocycles. The van der Waals surface area contributed by atoms with Crippen molar-refractivity contribution in [2.45, 2.75) is 25.7 Å². The Morgan fingerprint density at radius 2 is 1.80 bits per heavy atom. The van der Waals surface area contributed by atoms with Crippen LogP contribution in [0.3, 0.4) is 0 Å². The molecular formula is C21H26Cl2FN3O2S. The second-order valence-electron chi connectivity index (χ2n) is 7.20. The lowest BCUT2D eigenvalue weighted by Gasteiger charge is -2.33. The highest BCUT2D eigenvalue weighted by molar-refractivity contribution is 7.77. The fraction of sp³-hybridized carbons (Fsp3) is 0.381. The second-order valence-corrected chi connectivity index (χ2v) is 8.01. The number of nitrogens with two attached hydrogens (primary N) is 2. The number of carbonyl (C=O) groups is 1. The van der Waals surface area contributed by atoms with Crippen molar-refractivity contribution in [1.82, 2.24) is 4.90 Å². The molecule has 9 heteroatoms. The van der Waals surface area contributed by atoms with Crippen LogP contribution < -0.4 is 15.6 Å². The number of nitrogens with zero attached hydrogens (tertiary/aromatic N) is 1. The number of para-hydroxylation sites is 1. The molecule has 1 saturated heterocycles. The average molecular weight is 474 g/mol. The number of rotatable bonds is 5. The fourth-order valence-electron chi connectivity index (χ4n) is 3.30. The standard InChI is InChI=1S/C21H23Cl2FN2O2.H3NS/c1-13-6-8-26(9-7-13)21(27)15(12-28-19-5-3-2-4-18(19)24)14-10-16(22)20(25)17(23)11-14;1-2/h2-5,10-11,13,15H,6-9,12,25H2,1H3;2H,1H2. The maximum Gasteiger partial charge on any atom is 0.233 e. The number of halogens is 3. The zero-order valence-corrected chi connectivity index (χ0v) is 19.1. The lowest BCUT2D eigenvalue weighted by Crippen LogP contribution is -2.42. The topological polar surface area (TPSA) is 81.6 Å². The number of likely N-dealkylation sites (tertiary alicyclic amines) is 1. The Morgan fingerprint density at radius 3 is 2.37 bits per heavy atom. The third-order valence-electron chi connectivity index (χ3n) is 5.14. The lowest BCUT2D eigenvalue weighted by atomic mass is 9.94. The molecular weight excluding hydrogens is 448 g/mol. The van der Waals surface area contributed by atoms with E-state index in [2.05, 4.69) is 24.9 Å². The Balaban J connectivity index is 0.00000155. The molecule has 5 nitrogen and oxygen atoms in total. The maximum absolute atomic E-state index is 13.9. The molecule has 0 saturated carbocycles. The van der Waals surface area contributed by atoms with E-state index in [-0.39, 0.29) is 34.0 Å². The van der Waals surface area contributed by atoms with E-state index in [4.69, 9.17) is 33.7 Å². The van der Waals surface area contributed by atoms with E-state index >= 15 is 0 Å². The molecule has 1 unspecified atom stereocenters. The van der Waals surface area contributed by atoms with E-state index in [9.17, 15) is 9.18 Å². The number of thiol groups is 1. The predicted molar refractivity (Wildman–Crippen MR) is 124 cm³/mol. The molecule has 164 valence electrons. The number of anilines is 1. The van der Waals surface area contributed by atoms with Gasteiger partial charge in [0.25, 0.3) is 0 Å². The monoisotopic (exact) mass is 473 g/mol. The summed E-state index contributed by atoms with van der Waals surface area (Å²) in [5, 5.41) is 4.75. The quantitative estimate of drug-likeness (QED) is 0.424. The zero-order valence-electron chi connectivity index (χ0n) is 16.7. The van der Waals surface area contributed by atoms with Gasteiger partial charge < -0.3 is 15.4 Å². The Bertz CT molecular complexity index is 841. The summed E-state index contributed by atoms with van der Waals surface area (Å²) in [5.41, 5.74) is 6.69. The van der Waals surface area contributed by atoms with Crippen molar-refractivity contribution in [3.8, 4) is 5.75 Å². The largest absolute Gasteiger partial charge is 0.489 e. The van der Waals surface area contributed by atoms with Crippen LogP contribution in [-0.2, 0) is 4.79 Å². The minimum atomic E-state index is -0.663. The van der Waals surface area contributed by atoms with Crippen molar-refractivity contribution >= 4 is 47.6 Å². The maximum atomic E-state index is 13.9. The van der Waals surface area contributed by atoms with E-state index in [0.29, 0.717) is 24.6 Å². The highest BCUT2D eigenvalue weighted by Crippen LogP contribution is 2.33. The van der Waals surface area contributed by atoms with Crippen LogP contribution in [0.25, 0.3) is 0 Å². The number of nitrogen functional groups attached to an aromatic ring is 1. The van der Waals surface area contributed by atoms with Gasteiger partial charge in [-0.15, -0.1) is 12.8 Å². The van der Waals surface area contributed by atoms with Gasteiger partial charge in [0.05, 0.1) is 21.7 Å². The van der Waals surface area contributed by atoms with Crippen molar-refractivity contribution in [3.05, 3.63) is 57.8 Å². The molecule has 0 radical (unpaired) electrons. The lowest BCUT2D eigenvalue weighted by molar-refractivity contribution is -0.134. The molecule has 0 aromatic heterocycles. The van der Waals surface area contributed by atoms with Gasteiger partial charge in [-0.1, -0.05) is 42.3 Å². The van der Waals surface area contributed by atoms with Gasteiger partial charge in [0.1, 0.15) is 6.61 Å². The van der Waals surface area contributed by atoms with Crippen LogP contribution in [0.5, 0.6) is 5.75 Å². The molecule has 1 aliphatic rings. The summed E-state index contributed by atoms with van der Waals surface area (Å²) in [6, 6.07) is 9.36. The zero-order chi connectivity index (χ0) is 22.3. The summed E-state index contributed by atoms with van der Waals surface area (Å²) in [6.07, 6.45) is 1.91. The SMILES string of the molecule is CC1CCN(C(=O)C(COc2ccccc2F)c2cc(Cl)c(N)c(Cl)c2)CC1.NS. The molecule has 1 atom stereocenters. The van der Waals surface area contributed by atoms with Gasteiger partial charge >= 0.3 is 0 Å². The summed E-state index contributed by atoms with van der Waals surface area (Å²) in [4.78, 5) is 15.1. The van der Waals surface area contributed by atoms with Crippen LogP contribution >= 0.6 is 36.0 Å². The molecule has 1 aliphatic heterocycles. The molecule has 1 fully saturated rings. The minimum Gasteiger partial charge on any atom is -0.489 e. The highest BCUT2D eigenvalue weighted by atomic mass is 35.5. The predicted octanol–water partition coefficient (Wildman–Crippen LogP) is 4.93. The Hall–Kier alpha value is -1.67. The van der Waals surface area contributed by atoms with Gasteiger partial charge in [-0.05, 0) is 48.6 Å². The second kappa shape index (κ2) is 11.6. The molecule has 0 bridgehead atoms. The van der Waals surface area contributed by atoms with Gasteiger partial charge in [-0.2, -0.15) is 0 Å². The molecule has 0 spiro atoms. The molecule has 1 heterocycles. The van der Waals surface area contributed by atoms with Crippen LogP contribution in [0.4, 0.5) is 10.1 Å². The van der Waals surface area contributed by atoms with Gasteiger partial charge in [0.15, 0.2) is 11.6 Å². The van der Waals surface area contributed by atoms with Gasteiger partial charge in [-0.25, -0.2) is 4.39 Å². The Morgan fingerprint density at radius 1 is 1.23 bits per heavy atom. The Labute approximate surface area is 192 Å². The first-order chi connectivity index (χ1) is 14.4. The van der Waals surface area contributed by atoms with E-state index in [1.54, 1.807) is 24.3 Å². The summed E-state index contributed by atoms with van der Waals surface area (Å²) in [6.45, 7) is 3.53. The molecule has 30 heavy (non-hydrogen) atoms. The van der Waals surface area contributed by atoms with Gasteiger partial charge in [0.2, 0.25) is 5.91 Å². The van der Waals surface area contributed by atoms with E-state index in [1.165, 1.54) is 12.1 Å². The number of amides is 1. The molecule has 1 amide bonds. The summed E-state index contributed by atoms with van der Waals surface area (Å²) >= 11 is 15.4. The van der Waals surface area contributed by atoms with Crippen LogP contribution in [0.2, 0.25) is 10.0 Å². The summed E-state index contributed by atoms with van der Waals surface area (Å²) < 4.78 is 19.6. The Kier molecular flexibility index (Phi) is 9.55. The number of piperidine rings is 1. The average Bonchev–Trinajstić information content (AvgIpc) is 2.75. The van der Waals surface area contributed by atoms with Crippen molar-refractivity contribution in [2.75, 3.05) is 25.4 Å². The summed E-state index contributed by atoms with van der Waals surface area (Å²) in [5.74, 6) is -0.532. The van der Waals surface area contributed by atoms with Crippen molar-refractivity contribution in [3.63, 3.8) is 0 Å². The number of carbonyl (C=O) groups excluding carboxylic acids is 1. The first-order valence-electron chi connectivity index (χ1n) is 9.53. The number of hydrogen-bond acceptors (Lipinski definition) is 5. The van der Waals surface area contributed by atoms with Crippen LogP contribution in [0.1, 0.15) is 31.2 Å². The number of benzene rings is 2. The molecule has 3 rings (SSSR count). The minimum absolute atomic E-state index is 0.0254. The fourth-order valence-corrected chi connectivity index (χ4v) is 3.80. The third kappa shape index (κ3) is 6.17. The third-order valence-corrected chi connectivity index (χ3v) is 5.76.